The van der Waals surface area contributed by atoms with Crippen molar-refractivity contribution in [2.24, 2.45) is 11.5 Å². The summed E-state index contributed by atoms with van der Waals surface area (Å²) in [7, 11) is 0. The molecule has 0 spiro atoms. The highest BCUT2D eigenvalue weighted by Crippen LogP contribution is 2.43. The van der Waals surface area contributed by atoms with Crippen molar-refractivity contribution >= 4 is 58.1 Å². The molecule has 0 bridgehead atoms. The van der Waals surface area contributed by atoms with Crippen LogP contribution in [0.5, 0.6) is 0 Å². The Kier molecular flexibility index (Phi) is 13.3. The summed E-state index contributed by atoms with van der Waals surface area (Å²) in [5, 5.41) is 18.9. The average molecular weight is 691 g/mol. The van der Waals surface area contributed by atoms with Crippen LogP contribution < -0.4 is 11.5 Å². The van der Waals surface area contributed by atoms with Crippen molar-refractivity contribution in [2.75, 3.05) is 13.2 Å². The number of thiophene rings is 2. The maximum Gasteiger partial charge on any atom is 0.417 e. The Bertz CT molecular complexity index is 1570. The number of benzene rings is 2. The van der Waals surface area contributed by atoms with Crippen LogP contribution in [0.2, 0.25) is 0 Å². The molecule has 4 atom stereocenters. The predicted molar refractivity (Wildman–Crippen MR) is 185 cm³/mol. The molecule has 238 valence electrons. The summed E-state index contributed by atoms with van der Waals surface area (Å²) in [6, 6.07) is 26.9. The van der Waals surface area contributed by atoms with Gasteiger partial charge < -0.3 is 20.9 Å². The summed E-state index contributed by atoms with van der Waals surface area (Å²) in [6.07, 6.45) is 0.884. The molecule has 2 heterocycles. The summed E-state index contributed by atoms with van der Waals surface area (Å²) in [5.74, 6) is -2.26. The molecule has 0 fully saturated rings. The zero-order valence-electron chi connectivity index (χ0n) is 25.4. The molecule has 2 aromatic carbocycles. The molecule has 8 nitrogen and oxygen atoms in total. The van der Waals surface area contributed by atoms with Gasteiger partial charge in [-0.05, 0) is 49.9 Å². The number of nitrogens with zero attached hydrogens (tertiary/aromatic N) is 2. The minimum absolute atomic E-state index is 0.0985. The van der Waals surface area contributed by atoms with Crippen molar-refractivity contribution in [2.45, 2.75) is 59.1 Å². The molecule has 2 aromatic heterocycles. The van der Waals surface area contributed by atoms with Crippen molar-refractivity contribution < 1.29 is 19.1 Å². The second kappa shape index (κ2) is 17.3. The average Bonchev–Trinajstić information content (AvgIpc) is 3.62. The first kappa shape index (κ1) is 35.2. The van der Waals surface area contributed by atoms with E-state index >= 15 is 0 Å². The van der Waals surface area contributed by atoms with E-state index in [9.17, 15) is 20.1 Å². The molecule has 4 aromatic rings. The van der Waals surface area contributed by atoms with Gasteiger partial charge in [-0.2, -0.15) is 10.5 Å². The van der Waals surface area contributed by atoms with Gasteiger partial charge >= 0.3 is 11.9 Å². The van der Waals surface area contributed by atoms with Gasteiger partial charge in [0.25, 0.3) is 0 Å². The smallest absolute Gasteiger partial charge is 0.417 e. The molecule has 0 saturated heterocycles. The summed E-state index contributed by atoms with van der Waals surface area (Å²) in [5.41, 5.74) is 14.8. The SMILES string of the molecule is Cc1cc(S[C@H](C[C@H](N)COC(=O)C(=O)OC[C@@H](N)C[C@@H](Sc2cc(C)sc2C#N)c2ccccc2)c2ccccc2)c(C#N)s1. The maximum atomic E-state index is 12.5. The van der Waals surface area contributed by atoms with Crippen molar-refractivity contribution in [3.05, 3.63) is 103 Å². The third-order valence-corrected chi connectivity index (χ3v) is 11.6. The number of carbonyl (C=O) groups excluding carboxylic acids is 2. The number of aryl methyl sites for hydroxylation is 2. The lowest BCUT2D eigenvalue weighted by molar-refractivity contribution is -0.168. The number of rotatable bonds is 14. The van der Waals surface area contributed by atoms with Crippen LogP contribution in [-0.4, -0.2) is 37.2 Å². The van der Waals surface area contributed by atoms with Crippen molar-refractivity contribution in [1.82, 2.24) is 0 Å². The van der Waals surface area contributed by atoms with E-state index in [4.69, 9.17) is 20.9 Å². The van der Waals surface area contributed by atoms with E-state index in [2.05, 4.69) is 12.1 Å². The third kappa shape index (κ3) is 10.2. The van der Waals surface area contributed by atoms with Gasteiger partial charge in [0.2, 0.25) is 0 Å². The van der Waals surface area contributed by atoms with Gasteiger partial charge in [-0.15, -0.1) is 46.2 Å². The second-order valence-electron chi connectivity index (χ2n) is 10.5. The molecule has 0 aliphatic heterocycles. The molecule has 0 aliphatic carbocycles. The van der Waals surface area contributed by atoms with Crippen LogP contribution >= 0.6 is 46.2 Å². The first-order valence-electron chi connectivity index (χ1n) is 14.5. The Labute approximate surface area is 285 Å². The van der Waals surface area contributed by atoms with Gasteiger partial charge in [-0.3, -0.25) is 0 Å². The number of thioether (sulfide) groups is 2. The fourth-order valence-corrected chi connectivity index (χ4v) is 9.41. The number of esters is 2. The number of ether oxygens (including phenoxy) is 2. The number of nitrogens with two attached hydrogens (primary N) is 2. The first-order valence-corrected chi connectivity index (χ1v) is 17.8. The monoisotopic (exact) mass is 690 g/mol. The van der Waals surface area contributed by atoms with Crippen molar-refractivity contribution in [3.63, 3.8) is 0 Å². The highest BCUT2D eigenvalue weighted by Gasteiger charge is 2.25. The van der Waals surface area contributed by atoms with Gasteiger partial charge in [-0.25, -0.2) is 9.59 Å². The molecular formula is C34H34N4O4S4. The number of nitriles is 2. The summed E-state index contributed by atoms with van der Waals surface area (Å²) >= 11 is 5.98. The molecule has 12 heteroatoms. The van der Waals surface area contributed by atoms with Gasteiger partial charge in [0.15, 0.2) is 0 Å². The Morgan fingerprint density at radius 2 is 1.09 bits per heavy atom. The lowest BCUT2D eigenvalue weighted by Gasteiger charge is -2.21. The van der Waals surface area contributed by atoms with Gasteiger partial charge in [-0.1, -0.05) is 60.7 Å². The second-order valence-corrected chi connectivity index (χ2v) is 15.5. The maximum absolute atomic E-state index is 12.5. The van der Waals surface area contributed by atoms with Crippen LogP contribution in [-0.2, 0) is 19.1 Å². The molecule has 0 unspecified atom stereocenters. The molecule has 46 heavy (non-hydrogen) atoms. The fourth-order valence-electron chi connectivity index (χ4n) is 4.63. The molecule has 4 rings (SSSR count). The molecule has 0 saturated carbocycles. The van der Waals surface area contributed by atoms with Crippen molar-refractivity contribution in [3.8, 4) is 12.1 Å². The molecule has 0 aliphatic rings. The lowest BCUT2D eigenvalue weighted by Crippen LogP contribution is -2.34. The Hall–Kier alpha value is -3.62. The van der Waals surface area contributed by atoms with Crippen LogP contribution in [0.4, 0.5) is 0 Å². The van der Waals surface area contributed by atoms with E-state index < -0.39 is 24.0 Å². The number of hydrogen-bond donors (Lipinski definition) is 2. The third-order valence-electron chi connectivity index (χ3n) is 6.78. The number of carbonyl (C=O) groups is 2. The van der Waals surface area contributed by atoms with Crippen LogP contribution in [0.15, 0.2) is 82.6 Å². The molecule has 4 N–H and O–H groups in total. The molecule has 0 amide bonds. The van der Waals surface area contributed by atoms with Crippen LogP contribution in [0.1, 0.15) is 54.0 Å². The predicted octanol–water partition coefficient (Wildman–Crippen LogP) is 7.06. The summed E-state index contributed by atoms with van der Waals surface area (Å²) < 4.78 is 10.4. The van der Waals surface area contributed by atoms with E-state index in [1.54, 1.807) is 23.5 Å². The largest absolute Gasteiger partial charge is 0.456 e. The first-order chi connectivity index (χ1) is 22.2. The topological polar surface area (TPSA) is 152 Å². The summed E-state index contributed by atoms with van der Waals surface area (Å²) in [4.78, 5) is 30.1. The Balaban J connectivity index is 1.29. The quantitative estimate of drug-likeness (QED) is 0.0799. The zero-order valence-corrected chi connectivity index (χ0v) is 28.6. The van der Waals surface area contributed by atoms with Crippen molar-refractivity contribution in [1.29, 1.82) is 10.5 Å². The molecular weight excluding hydrogens is 657 g/mol. The van der Waals surface area contributed by atoms with E-state index in [0.717, 1.165) is 30.7 Å². The standard InChI is InChI=1S/C34H34N4O4S4/c1-21-13-29(31(17-35)43-21)45-27(23-9-5-3-6-10-23)15-25(37)19-41-33(39)34(40)42-20-26(38)16-28(24-11-7-4-8-12-24)46-30-14-22(2)44-32(30)18-36/h3-14,25-28H,15-16,19-20,37-38H2,1-2H3/t25-,26-,27+,28+/m0/s1. The van der Waals surface area contributed by atoms with E-state index in [1.165, 1.54) is 22.7 Å². The van der Waals surface area contributed by atoms with E-state index in [-0.39, 0.29) is 23.7 Å². The van der Waals surface area contributed by atoms with E-state index in [0.29, 0.717) is 22.6 Å². The van der Waals surface area contributed by atoms with Gasteiger partial charge in [0, 0.05) is 42.1 Å². The van der Waals surface area contributed by atoms with Crippen LogP contribution in [0.3, 0.4) is 0 Å². The van der Waals surface area contributed by atoms with E-state index in [1.807, 2.05) is 86.6 Å². The Morgan fingerprint density at radius 1 is 0.717 bits per heavy atom. The minimum Gasteiger partial charge on any atom is -0.456 e. The van der Waals surface area contributed by atoms with Gasteiger partial charge in [0.05, 0.1) is 0 Å². The highest BCUT2D eigenvalue weighted by atomic mass is 32.2. The minimum atomic E-state index is -1.13. The Morgan fingerprint density at radius 3 is 1.43 bits per heavy atom. The van der Waals surface area contributed by atoms with Gasteiger partial charge in [0.1, 0.15) is 35.1 Å². The van der Waals surface area contributed by atoms with Crippen LogP contribution in [0.25, 0.3) is 0 Å². The lowest BCUT2D eigenvalue weighted by atomic mass is 10.1. The summed E-state index contributed by atoms with van der Waals surface area (Å²) in [6.45, 7) is 3.57. The fraction of sp³-hybridized carbons (Fsp3) is 0.294. The zero-order chi connectivity index (χ0) is 33.1. The molecule has 0 radical (unpaired) electrons. The highest BCUT2D eigenvalue weighted by molar-refractivity contribution is 8.00. The normalized spacial score (nSPS) is 13.5. The number of hydrogen-bond acceptors (Lipinski definition) is 12. The van der Waals surface area contributed by atoms with Crippen LogP contribution in [0, 0.1) is 36.5 Å².